The normalized spacial score (nSPS) is 9.81. The Kier molecular flexibility index (Phi) is 4.50. The summed E-state index contributed by atoms with van der Waals surface area (Å²) in [6, 6.07) is 11.7. The van der Waals surface area contributed by atoms with Crippen molar-refractivity contribution in [2.24, 2.45) is 0 Å². The van der Waals surface area contributed by atoms with Gasteiger partial charge in [-0.15, -0.1) is 0 Å². The molecule has 0 fully saturated rings. The maximum absolute atomic E-state index is 12.7. The highest BCUT2D eigenvalue weighted by molar-refractivity contribution is 6.43. The van der Waals surface area contributed by atoms with E-state index in [0.717, 1.165) is 0 Å². The molecule has 0 saturated heterocycles. The van der Waals surface area contributed by atoms with Crippen LogP contribution in [-0.2, 0) is 9.59 Å². The fraction of sp³-hybridized carbons (Fsp3) is 0.0667. The number of carbonyl (C=O) groups excluding carboxylic acids is 2. The first-order chi connectivity index (χ1) is 10.1. The summed E-state index contributed by atoms with van der Waals surface area (Å²) < 4.78 is 17.8. The smallest absolute Gasteiger partial charge is 0.314 e. The Balaban J connectivity index is 1.99. The van der Waals surface area contributed by atoms with Crippen molar-refractivity contribution in [1.29, 1.82) is 0 Å². The largest absolute Gasteiger partial charge is 0.497 e. The third-order valence-corrected chi connectivity index (χ3v) is 2.64. The minimum absolute atomic E-state index is 0.335. The Hall–Kier alpha value is -2.89. The van der Waals surface area contributed by atoms with E-state index >= 15 is 0 Å². The lowest BCUT2D eigenvalue weighted by molar-refractivity contribution is -0.132. The average molecular weight is 288 g/mol. The number of anilines is 2. The van der Waals surface area contributed by atoms with Gasteiger partial charge in [0, 0.05) is 17.4 Å². The first kappa shape index (κ1) is 14.5. The monoisotopic (exact) mass is 288 g/mol. The van der Waals surface area contributed by atoms with Crippen molar-refractivity contribution in [2.45, 2.75) is 0 Å². The number of ether oxygens (including phenoxy) is 1. The number of carbonyl (C=O) groups is 2. The minimum atomic E-state index is -0.843. The SMILES string of the molecule is COc1cccc(NC(=O)C(=O)Nc2ccc(F)cc2)c1. The van der Waals surface area contributed by atoms with Crippen LogP contribution in [-0.4, -0.2) is 18.9 Å². The highest BCUT2D eigenvalue weighted by Crippen LogP contribution is 2.16. The molecule has 2 rings (SSSR count). The van der Waals surface area contributed by atoms with Crippen molar-refractivity contribution >= 4 is 23.2 Å². The number of hydrogen-bond donors (Lipinski definition) is 2. The number of rotatable bonds is 3. The number of benzene rings is 2. The van der Waals surface area contributed by atoms with Crippen molar-refractivity contribution in [3.05, 3.63) is 54.3 Å². The lowest BCUT2D eigenvalue weighted by Crippen LogP contribution is -2.29. The van der Waals surface area contributed by atoms with Gasteiger partial charge in [0.05, 0.1) is 7.11 Å². The van der Waals surface area contributed by atoms with Crippen molar-refractivity contribution in [1.82, 2.24) is 0 Å². The second kappa shape index (κ2) is 6.51. The molecule has 2 aromatic carbocycles. The van der Waals surface area contributed by atoms with Crippen LogP contribution in [0, 0.1) is 5.82 Å². The summed E-state index contributed by atoms with van der Waals surface area (Å²) >= 11 is 0. The predicted molar refractivity (Wildman–Crippen MR) is 76.7 cm³/mol. The van der Waals surface area contributed by atoms with Crippen LogP contribution >= 0.6 is 0 Å². The second-order valence-corrected chi connectivity index (χ2v) is 4.15. The first-order valence-corrected chi connectivity index (χ1v) is 6.10. The highest BCUT2D eigenvalue weighted by Gasteiger charge is 2.14. The van der Waals surface area contributed by atoms with Crippen molar-refractivity contribution in [3.63, 3.8) is 0 Å². The van der Waals surface area contributed by atoms with Gasteiger partial charge in [-0.3, -0.25) is 9.59 Å². The molecule has 0 spiro atoms. The molecule has 0 aliphatic heterocycles. The van der Waals surface area contributed by atoms with Crippen LogP contribution in [0.4, 0.5) is 15.8 Å². The van der Waals surface area contributed by atoms with Gasteiger partial charge in [-0.2, -0.15) is 0 Å². The van der Waals surface area contributed by atoms with Crippen LogP contribution < -0.4 is 15.4 Å². The maximum atomic E-state index is 12.7. The maximum Gasteiger partial charge on any atom is 0.314 e. The predicted octanol–water partition coefficient (Wildman–Crippen LogP) is 2.41. The van der Waals surface area contributed by atoms with E-state index in [9.17, 15) is 14.0 Å². The molecule has 0 unspecified atom stereocenters. The van der Waals surface area contributed by atoms with Crippen molar-refractivity contribution in [2.75, 3.05) is 17.7 Å². The molecule has 21 heavy (non-hydrogen) atoms. The molecule has 0 radical (unpaired) electrons. The molecular weight excluding hydrogens is 275 g/mol. The average Bonchev–Trinajstić information content (AvgIpc) is 2.49. The molecule has 2 N–H and O–H groups in total. The lowest BCUT2D eigenvalue weighted by atomic mass is 10.3. The fourth-order valence-corrected chi connectivity index (χ4v) is 1.61. The Bertz CT molecular complexity index is 656. The lowest BCUT2D eigenvalue weighted by Gasteiger charge is -2.07. The summed E-state index contributed by atoms with van der Waals surface area (Å²) in [5.74, 6) is -1.53. The van der Waals surface area contributed by atoms with Gasteiger partial charge in [-0.25, -0.2) is 4.39 Å². The number of hydrogen-bond acceptors (Lipinski definition) is 3. The standard InChI is InChI=1S/C15H13FN2O3/c1-21-13-4-2-3-12(9-13)18-15(20)14(19)17-11-7-5-10(16)6-8-11/h2-9H,1H3,(H,17,19)(H,18,20). The molecule has 0 heterocycles. The molecule has 0 saturated carbocycles. The van der Waals surface area contributed by atoms with E-state index in [1.165, 1.54) is 31.4 Å². The summed E-state index contributed by atoms with van der Waals surface area (Å²) in [4.78, 5) is 23.5. The van der Waals surface area contributed by atoms with Crippen LogP contribution in [0.2, 0.25) is 0 Å². The van der Waals surface area contributed by atoms with Crippen LogP contribution in [0.15, 0.2) is 48.5 Å². The molecule has 0 bridgehead atoms. The van der Waals surface area contributed by atoms with E-state index in [1.807, 2.05) is 0 Å². The molecule has 5 nitrogen and oxygen atoms in total. The molecule has 0 aliphatic rings. The number of nitrogens with one attached hydrogen (secondary N) is 2. The molecule has 0 aromatic heterocycles. The zero-order valence-corrected chi connectivity index (χ0v) is 11.2. The van der Waals surface area contributed by atoms with Gasteiger partial charge in [0.25, 0.3) is 0 Å². The van der Waals surface area contributed by atoms with Gasteiger partial charge < -0.3 is 15.4 Å². The van der Waals surface area contributed by atoms with Gasteiger partial charge in [0.2, 0.25) is 0 Å². The minimum Gasteiger partial charge on any atom is -0.497 e. The topological polar surface area (TPSA) is 67.4 Å². The summed E-state index contributed by atoms with van der Waals surface area (Å²) in [5, 5.41) is 4.81. The summed E-state index contributed by atoms with van der Waals surface area (Å²) in [7, 11) is 1.50. The summed E-state index contributed by atoms with van der Waals surface area (Å²) in [5.41, 5.74) is 0.774. The van der Waals surface area contributed by atoms with Gasteiger partial charge in [-0.1, -0.05) is 6.07 Å². The molecule has 2 aromatic rings. The first-order valence-electron chi connectivity index (χ1n) is 6.10. The van der Waals surface area contributed by atoms with Gasteiger partial charge in [-0.05, 0) is 36.4 Å². The Labute approximate surface area is 120 Å². The molecule has 108 valence electrons. The van der Waals surface area contributed by atoms with Crippen LogP contribution in [0.1, 0.15) is 0 Å². The molecule has 0 aliphatic carbocycles. The van der Waals surface area contributed by atoms with Gasteiger partial charge >= 0.3 is 11.8 Å². The van der Waals surface area contributed by atoms with Crippen LogP contribution in [0.25, 0.3) is 0 Å². The zero-order chi connectivity index (χ0) is 15.2. The van der Waals surface area contributed by atoms with Crippen molar-refractivity contribution < 1.29 is 18.7 Å². The summed E-state index contributed by atoms with van der Waals surface area (Å²) in [6.45, 7) is 0. The van der Waals surface area contributed by atoms with Crippen LogP contribution in [0.5, 0.6) is 5.75 Å². The van der Waals surface area contributed by atoms with E-state index in [1.54, 1.807) is 24.3 Å². The number of amides is 2. The van der Waals surface area contributed by atoms with Crippen molar-refractivity contribution in [3.8, 4) is 5.75 Å². The zero-order valence-electron chi connectivity index (χ0n) is 11.2. The number of methoxy groups -OCH3 is 1. The third kappa shape index (κ3) is 4.04. The van der Waals surface area contributed by atoms with E-state index in [4.69, 9.17) is 4.74 Å². The Morgan fingerprint density at radius 3 is 2.19 bits per heavy atom. The van der Waals surface area contributed by atoms with Gasteiger partial charge in [0.1, 0.15) is 11.6 Å². The number of halogens is 1. The second-order valence-electron chi connectivity index (χ2n) is 4.15. The van der Waals surface area contributed by atoms with E-state index in [0.29, 0.717) is 17.1 Å². The fourth-order valence-electron chi connectivity index (χ4n) is 1.61. The molecule has 2 amide bonds. The highest BCUT2D eigenvalue weighted by atomic mass is 19.1. The molecular formula is C15H13FN2O3. The van der Waals surface area contributed by atoms with E-state index in [-0.39, 0.29) is 0 Å². The summed E-state index contributed by atoms with van der Waals surface area (Å²) in [6.07, 6.45) is 0. The third-order valence-electron chi connectivity index (χ3n) is 2.64. The van der Waals surface area contributed by atoms with Crippen LogP contribution in [0.3, 0.4) is 0 Å². The Morgan fingerprint density at radius 1 is 0.952 bits per heavy atom. The Morgan fingerprint density at radius 2 is 1.57 bits per heavy atom. The quantitative estimate of drug-likeness (QED) is 0.852. The molecule has 0 atom stereocenters. The molecule has 6 heteroatoms. The van der Waals surface area contributed by atoms with E-state index < -0.39 is 17.6 Å². The van der Waals surface area contributed by atoms with E-state index in [2.05, 4.69) is 10.6 Å². The van der Waals surface area contributed by atoms with Gasteiger partial charge in [0.15, 0.2) is 0 Å².